The molecule has 1 heterocycles. The van der Waals surface area contributed by atoms with Crippen LogP contribution in [0.4, 0.5) is 0 Å². The Morgan fingerprint density at radius 1 is 1.00 bits per heavy atom. The van der Waals surface area contributed by atoms with E-state index in [-0.39, 0.29) is 12.1 Å². The van der Waals surface area contributed by atoms with Gasteiger partial charge in [-0.05, 0) is 19.3 Å². The van der Waals surface area contributed by atoms with E-state index in [0.29, 0.717) is 6.61 Å². The van der Waals surface area contributed by atoms with Crippen molar-refractivity contribution in [3.63, 3.8) is 0 Å². The molecule has 1 aliphatic rings. The van der Waals surface area contributed by atoms with E-state index < -0.39 is 6.10 Å². The molecule has 126 valence electrons. The molecule has 1 aliphatic heterocycles. The first-order valence-corrected chi connectivity index (χ1v) is 8.88. The summed E-state index contributed by atoms with van der Waals surface area (Å²) in [5.41, 5.74) is 5.71. The lowest BCUT2D eigenvalue weighted by Crippen LogP contribution is -2.36. The molecule has 4 nitrogen and oxygen atoms in total. The van der Waals surface area contributed by atoms with Crippen molar-refractivity contribution < 1.29 is 14.6 Å². The van der Waals surface area contributed by atoms with Crippen molar-refractivity contribution in [2.24, 2.45) is 5.73 Å². The van der Waals surface area contributed by atoms with Crippen molar-refractivity contribution >= 4 is 0 Å². The SMILES string of the molecule is CCCCCCCOCCCCCC[C@@H]1OC[C@@H](N)[C@@H]1O. The summed E-state index contributed by atoms with van der Waals surface area (Å²) in [6, 6.07) is -0.194. The molecule has 0 amide bonds. The fourth-order valence-corrected chi connectivity index (χ4v) is 2.77. The summed E-state index contributed by atoms with van der Waals surface area (Å²) in [4.78, 5) is 0. The Hall–Kier alpha value is -0.160. The zero-order valence-electron chi connectivity index (χ0n) is 13.8. The minimum absolute atomic E-state index is 0.0422. The van der Waals surface area contributed by atoms with Gasteiger partial charge in [0.1, 0.15) is 0 Å². The Morgan fingerprint density at radius 2 is 1.62 bits per heavy atom. The molecular weight excluding hydrogens is 266 g/mol. The van der Waals surface area contributed by atoms with Crippen molar-refractivity contribution in [2.45, 2.75) is 89.4 Å². The fourth-order valence-electron chi connectivity index (χ4n) is 2.77. The lowest BCUT2D eigenvalue weighted by molar-refractivity contribution is 0.0341. The van der Waals surface area contributed by atoms with Crippen LogP contribution in [0.25, 0.3) is 0 Å². The summed E-state index contributed by atoms with van der Waals surface area (Å²) in [6.45, 7) is 4.55. The van der Waals surface area contributed by atoms with E-state index in [4.69, 9.17) is 15.2 Å². The molecule has 1 fully saturated rings. The largest absolute Gasteiger partial charge is 0.389 e. The van der Waals surface area contributed by atoms with Gasteiger partial charge >= 0.3 is 0 Å². The third-order valence-corrected chi connectivity index (χ3v) is 4.24. The third kappa shape index (κ3) is 8.77. The average molecular weight is 301 g/mol. The maximum atomic E-state index is 9.76. The quantitative estimate of drug-likeness (QED) is 0.513. The molecule has 3 N–H and O–H groups in total. The smallest absolute Gasteiger partial charge is 0.0974 e. The van der Waals surface area contributed by atoms with Gasteiger partial charge in [0.15, 0.2) is 0 Å². The number of hydrogen-bond acceptors (Lipinski definition) is 4. The lowest BCUT2D eigenvalue weighted by atomic mass is 10.0. The van der Waals surface area contributed by atoms with Crippen LogP contribution in [0.2, 0.25) is 0 Å². The zero-order chi connectivity index (χ0) is 15.3. The van der Waals surface area contributed by atoms with E-state index in [1.54, 1.807) is 0 Å². The number of nitrogens with two attached hydrogens (primary N) is 1. The maximum absolute atomic E-state index is 9.76. The number of unbranched alkanes of at least 4 members (excludes halogenated alkanes) is 7. The second-order valence-electron chi connectivity index (χ2n) is 6.26. The Balaban J connectivity index is 1.77. The molecule has 0 aromatic heterocycles. The zero-order valence-corrected chi connectivity index (χ0v) is 13.8. The minimum Gasteiger partial charge on any atom is -0.389 e. The predicted molar refractivity (Wildman–Crippen MR) is 86.4 cm³/mol. The second-order valence-corrected chi connectivity index (χ2v) is 6.26. The number of aliphatic hydroxyl groups excluding tert-OH is 1. The summed E-state index contributed by atoms with van der Waals surface area (Å²) in [6.07, 6.45) is 11.5. The van der Waals surface area contributed by atoms with Crippen molar-refractivity contribution in [3.05, 3.63) is 0 Å². The van der Waals surface area contributed by atoms with Crippen molar-refractivity contribution in [3.8, 4) is 0 Å². The van der Waals surface area contributed by atoms with Crippen LogP contribution in [0.15, 0.2) is 0 Å². The molecule has 0 radical (unpaired) electrons. The molecule has 0 aromatic carbocycles. The Bertz CT molecular complexity index is 238. The van der Waals surface area contributed by atoms with Gasteiger partial charge in [0.25, 0.3) is 0 Å². The van der Waals surface area contributed by atoms with Gasteiger partial charge in [-0.1, -0.05) is 51.9 Å². The van der Waals surface area contributed by atoms with E-state index in [9.17, 15) is 5.11 Å². The van der Waals surface area contributed by atoms with Gasteiger partial charge in [-0.25, -0.2) is 0 Å². The molecule has 0 bridgehead atoms. The molecular formula is C17H35NO3. The molecule has 3 atom stereocenters. The van der Waals surface area contributed by atoms with Crippen LogP contribution in [-0.4, -0.2) is 43.2 Å². The lowest BCUT2D eigenvalue weighted by Gasteiger charge is -2.14. The average Bonchev–Trinajstić information content (AvgIpc) is 2.80. The first-order valence-electron chi connectivity index (χ1n) is 8.88. The molecule has 0 unspecified atom stereocenters. The van der Waals surface area contributed by atoms with Crippen LogP contribution in [0, 0.1) is 0 Å². The van der Waals surface area contributed by atoms with Gasteiger partial charge in [0.2, 0.25) is 0 Å². The molecule has 21 heavy (non-hydrogen) atoms. The topological polar surface area (TPSA) is 64.7 Å². The van der Waals surface area contributed by atoms with E-state index in [2.05, 4.69) is 6.92 Å². The van der Waals surface area contributed by atoms with Crippen molar-refractivity contribution in [1.29, 1.82) is 0 Å². The van der Waals surface area contributed by atoms with Gasteiger partial charge in [-0.2, -0.15) is 0 Å². The fraction of sp³-hybridized carbons (Fsp3) is 1.00. The van der Waals surface area contributed by atoms with Crippen LogP contribution < -0.4 is 5.73 Å². The summed E-state index contributed by atoms with van der Waals surface area (Å²) < 4.78 is 11.1. The molecule has 0 saturated carbocycles. The van der Waals surface area contributed by atoms with E-state index in [0.717, 1.165) is 32.5 Å². The summed E-state index contributed by atoms with van der Waals surface area (Å²) in [5, 5.41) is 9.76. The van der Waals surface area contributed by atoms with E-state index >= 15 is 0 Å². The highest BCUT2D eigenvalue weighted by Gasteiger charge is 2.32. The normalized spacial score (nSPS) is 25.6. The third-order valence-electron chi connectivity index (χ3n) is 4.24. The van der Waals surface area contributed by atoms with Crippen LogP contribution >= 0.6 is 0 Å². The van der Waals surface area contributed by atoms with Crippen molar-refractivity contribution in [1.82, 2.24) is 0 Å². The molecule has 4 heteroatoms. The number of rotatable bonds is 13. The highest BCUT2D eigenvalue weighted by Crippen LogP contribution is 2.19. The van der Waals surface area contributed by atoms with Crippen LogP contribution in [-0.2, 0) is 9.47 Å². The minimum atomic E-state index is -0.471. The Labute approximate surface area is 130 Å². The van der Waals surface area contributed by atoms with Crippen LogP contribution in [0.5, 0.6) is 0 Å². The highest BCUT2D eigenvalue weighted by molar-refractivity contribution is 4.85. The standard InChI is InChI=1S/C17H35NO3/c1-2-3-4-6-9-12-20-13-10-7-5-8-11-16-17(19)15(18)14-21-16/h15-17,19H,2-14,18H2,1H3/t15-,16+,17+/m1/s1. The molecule has 0 aliphatic carbocycles. The number of aliphatic hydroxyl groups is 1. The van der Waals surface area contributed by atoms with Crippen LogP contribution in [0.3, 0.4) is 0 Å². The van der Waals surface area contributed by atoms with Gasteiger partial charge in [-0.3, -0.25) is 0 Å². The summed E-state index contributed by atoms with van der Waals surface area (Å²) in [5.74, 6) is 0. The van der Waals surface area contributed by atoms with E-state index in [1.165, 1.54) is 44.9 Å². The Morgan fingerprint density at radius 3 is 2.19 bits per heavy atom. The maximum Gasteiger partial charge on any atom is 0.0974 e. The molecule has 1 saturated heterocycles. The number of hydrogen-bond donors (Lipinski definition) is 2. The highest BCUT2D eigenvalue weighted by atomic mass is 16.5. The van der Waals surface area contributed by atoms with Gasteiger partial charge in [0.05, 0.1) is 24.9 Å². The van der Waals surface area contributed by atoms with Gasteiger partial charge < -0.3 is 20.3 Å². The predicted octanol–water partition coefficient (Wildman–Crippen LogP) is 3.01. The molecule has 0 spiro atoms. The summed E-state index contributed by atoms with van der Waals surface area (Å²) in [7, 11) is 0. The number of ether oxygens (including phenoxy) is 2. The second kappa shape index (κ2) is 12.4. The van der Waals surface area contributed by atoms with Crippen LogP contribution in [0.1, 0.15) is 71.1 Å². The molecule has 0 aromatic rings. The monoisotopic (exact) mass is 301 g/mol. The van der Waals surface area contributed by atoms with Gasteiger partial charge in [0, 0.05) is 13.2 Å². The van der Waals surface area contributed by atoms with Crippen molar-refractivity contribution in [2.75, 3.05) is 19.8 Å². The van der Waals surface area contributed by atoms with E-state index in [1.807, 2.05) is 0 Å². The molecule has 1 rings (SSSR count). The Kier molecular flexibility index (Phi) is 11.1. The first-order chi connectivity index (χ1) is 10.3. The summed E-state index contributed by atoms with van der Waals surface area (Å²) >= 11 is 0. The van der Waals surface area contributed by atoms with Gasteiger partial charge in [-0.15, -0.1) is 0 Å². The first kappa shape index (κ1) is 18.9.